The van der Waals surface area contributed by atoms with E-state index in [4.69, 9.17) is 14.6 Å². The summed E-state index contributed by atoms with van der Waals surface area (Å²) in [4.78, 5) is 0. The molecule has 1 unspecified atom stereocenters. The van der Waals surface area contributed by atoms with Crippen molar-refractivity contribution in [1.82, 2.24) is 0 Å². The first-order valence-electron chi connectivity index (χ1n) is 6.21. The number of aliphatic hydroxyl groups is 1. The van der Waals surface area contributed by atoms with Gasteiger partial charge in [0.05, 0.1) is 18.8 Å². The molecule has 1 N–H and O–H groups in total. The van der Waals surface area contributed by atoms with Crippen molar-refractivity contribution in [3.63, 3.8) is 0 Å². The molecule has 0 amide bonds. The van der Waals surface area contributed by atoms with E-state index in [1.807, 2.05) is 30.3 Å². The van der Waals surface area contributed by atoms with Crippen molar-refractivity contribution in [3.05, 3.63) is 35.9 Å². The topological polar surface area (TPSA) is 38.7 Å². The van der Waals surface area contributed by atoms with E-state index < -0.39 is 0 Å². The highest BCUT2D eigenvalue weighted by Gasteiger charge is 2.34. The Labute approximate surface area is 102 Å². The molecule has 1 aromatic carbocycles. The predicted octanol–water partition coefficient (Wildman–Crippen LogP) is 2.13. The minimum absolute atomic E-state index is 0.161. The second kappa shape index (κ2) is 6.15. The van der Waals surface area contributed by atoms with Crippen LogP contribution in [0.1, 0.15) is 24.8 Å². The zero-order valence-electron chi connectivity index (χ0n) is 10.1. The summed E-state index contributed by atoms with van der Waals surface area (Å²) in [5.74, 6) is 0. The van der Waals surface area contributed by atoms with E-state index in [1.165, 1.54) is 5.56 Å². The summed E-state index contributed by atoms with van der Waals surface area (Å²) in [5.41, 5.74) is 0.924. The molecule has 1 aliphatic rings. The Morgan fingerprint density at radius 1 is 1.29 bits per heavy atom. The molecule has 0 aromatic heterocycles. The van der Waals surface area contributed by atoms with E-state index >= 15 is 0 Å². The Hall–Kier alpha value is -0.900. The third-order valence-electron chi connectivity index (χ3n) is 3.23. The Morgan fingerprint density at radius 2 is 2.12 bits per heavy atom. The molecule has 94 valence electrons. The summed E-state index contributed by atoms with van der Waals surface area (Å²) in [7, 11) is 0. The van der Waals surface area contributed by atoms with Gasteiger partial charge in [-0.05, 0) is 18.4 Å². The van der Waals surface area contributed by atoms with Crippen molar-refractivity contribution < 1.29 is 14.6 Å². The monoisotopic (exact) mass is 236 g/mol. The maximum Gasteiger partial charge on any atom is 0.0937 e. The lowest BCUT2D eigenvalue weighted by molar-refractivity contribution is -0.0788. The maximum atomic E-state index is 9.07. The van der Waals surface area contributed by atoms with Crippen LogP contribution in [0.3, 0.4) is 0 Å². The fraction of sp³-hybridized carbons (Fsp3) is 0.571. The fourth-order valence-electron chi connectivity index (χ4n) is 2.27. The minimum atomic E-state index is -0.246. The van der Waals surface area contributed by atoms with E-state index in [1.54, 1.807) is 0 Å². The lowest BCUT2D eigenvalue weighted by Gasteiger charge is -2.27. The van der Waals surface area contributed by atoms with Crippen molar-refractivity contribution in [1.29, 1.82) is 0 Å². The summed E-state index contributed by atoms with van der Waals surface area (Å²) in [6.07, 6.45) is 2.72. The number of hydrogen-bond donors (Lipinski definition) is 1. The summed E-state index contributed by atoms with van der Waals surface area (Å²) < 4.78 is 11.5. The lowest BCUT2D eigenvalue weighted by atomic mass is 9.97. The standard InChI is InChI=1S/C14H20O3/c15-9-8-14(7-4-10-17-14)12-16-11-13-5-2-1-3-6-13/h1-3,5-6,15H,4,7-12H2. The van der Waals surface area contributed by atoms with Crippen LogP contribution in [0, 0.1) is 0 Å². The molecule has 1 fully saturated rings. The van der Waals surface area contributed by atoms with E-state index in [0.717, 1.165) is 19.4 Å². The summed E-state index contributed by atoms with van der Waals surface area (Å²) in [6, 6.07) is 10.1. The van der Waals surface area contributed by atoms with Gasteiger partial charge < -0.3 is 14.6 Å². The highest BCUT2D eigenvalue weighted by Crippen LogP contribution is 2.29. The van der Waals surface area contributed by atoms with Crippen molar-refractivity contribution in [2.45, 2.75) is 31.5 Å². The molecule has 1 saturated heterocycles. The number of benzene rings is 1. The Morgan fingerprint density at radius 3 is 2.76 bits per heavy atom. The van der Waals surface area contributed by atoms with Gasteiger partial charge in [-0.1, -0.05) is 30.3 Å². The van der Waals surface area contributed by atoms with Crippen LogP contribution in [0.15, 0.2) is 30.3 Å². The average molecular weight is 236 g/mol. The number of rotatable bonds is 6. The molecular weight excluding hydrogens is 216 g/mol. The first-order chi connectivity index (χ1) is 8.35. The Bertz CT molecular complexity index is 317. The molecule has 1 heterocycles. The third kappa shape index (κ3) is 3.53. The van der Waals surface area contributed by atoms with Crippen molar-refractivity contribution in [2.75, 3.05) is 19.8 Å². The first kappa shape index (κ1) is 12.6. The zero-order valence-corrected chi connectivity index (χ0v) is 10.1. The average Bonchev–Trinajstić information content (AvgIpc) is 2.80. The highest BCUT2D eigenvalue weighted by atomic mass is 16.5. The van der Waals surface area contributed by atoms with Crippen LogP contribution in [0.2, 0.25) is 0 Å². The number of hydrogen-bond acceptors (Lipinski definition) is 3. The Kier molecular flexibility index (Phi) is 4.54. The molecule has 0 aliphatic carbocycles. The summed E-state index contributed by atoms with van der Waals surface area (Å²) >= 11 is 0. The molecule has 1 aromatic rings. The highest BCUT2D eigenvalue weighted by molar-refractivity contribution is 5.13. The molecule has 0 bridgehead atoms. The molecule has 3 heteroatoms. The molecule has 0 spiro atoms. The molecule has 0 radical (unpaired) electrons. The van der Waals surface area contributed by atoms with Gasteiger partial charge in [-0.3, -0.25) is 0 Å². The van der Waals surface area contributed by atoms with Crippen LogP contribution >= 0.6 is 0 Å². The van der Waals surface area contributed by atoms with Gasteiger partial charge in [-0.25, -0.2) is 0 Å². The van der Waals surface area contributed by atoms with E-state index in [0.29, 0.717) is 19.6 Å². The van der Waals surface area contributed by atoms with Crippen molar-refractivity contribution in [2.24, 2.45) is 0 Å². The van der Waals surface area contributed by atoms with Crippen LogP contribution in [0.25, 0.3) is 0 Å². The molecule has 3 nitrogen and oxygen atoms in total. The summed E-state index contributed by atoms with van der Waals surface area (Å²) in [6.45, 7) is 2.13. The number of aliphatic hydroxyl groups excluding tert-OH is 1. The largest absolute Gasteiger partial charge is 0.396 e. The second-order valence-electron chi connectivity index (χ2n) is 4.59. The first-order valence-corrected chi connectivity index (χ1v) is 6.21. The maximum absolute atomic E-state index is 9.07. The second-order valence-corrected chi connectivity index (χ2v) is 4.59. The van der Waals surface area contributed by atoms with Crippen LogP contribution < -0.4 is 0 Å². The van der Waals surface area contributed by atoms with Crippen LogP contribution in [-0.4, -0.2) is 30.5 Å². The zero-order chi connectivity index (χ0) is 12.0. The van der Waals surface area contributed by atoms with Gasteiger partial charge >= 0.3 is 0 Å². The molecule has 17 heavy (non-hydrogen) atoms. The van der Waals surface area contributed by atoms with E-state index in [-0.39, 0.29) is 12.2 Å². The van der Waals surface area contributed by atoms with E-state index in [9.17, 15) is 0 Å². The van der Waals surface area contributed by atoms with E-state index in [2.05, 4.69) is 0 Å². The van der Waals surface area contributed by atoms with Gasteiger partial charge in [0.25, 0.3) is 0 Å². The smallest absolute Gasteiger partial charge is 0.0937 e. The van der Waals surface area contributed by atoms with Crippen molar-refractivity contribution in [3.8, 4) is 0 Å². The molecule has 1 aliphatic heterocycles. The van der Waals surface area contributed by atoms with Crippen molar-refractivity contribution >= 4 is 0 Å². The Balaban J connectivity index is 1.80. The summed E-state index contributed by atoms with van der Waals surface area (Å²) in [5, 5.41) is 9.07. The van der Waals surface area contributed by atoms with Crippen LogP contribution in [0.4, 0.5) is 0 Å². The molecule has 1 atom stereocenters. The van der Waals surface area contributed by atoms with Gasteiger partial charge in [0.1, 0.15) is 0 Å². The van der Waals surface area contributed by atoms with Crippen LogP contribution in [0.5, 0.6) is 0 Å². The van der Waals surface area contributed by atoms with Gasteiger partial charge in [0.2, 0.25) is 0 Å². The van der Waals surface area contributed by atoms with Gasteiger partial charge in [0, 0.05) is 19.6 Å². The number of ether oxygens (including phenoxy) is 2. The lowest BCUT2D eigenvalue weighted by Crippen LogP contribution is -2.34. The van der Waals surface area contributed by atoms with Gasteiger partial charge in [-0.15, -0.1) is 0 Å². The van der Waals surface area contributed by atoms with Gasteiger partial charge in [0.15, 0.2) is 0 Å². The molecule has 2 rings (SSSR count). The predicted molar refractivity (Wildman–Crippen MR) is 65.7 cm³/mol. The fourth-order valence-corrected chi connectivity index (χ4v) is 2.27. The van der Waals surface area contributed by atoms with Crippen LogP contribution in [-0.2, 0) is 16.1 Å². The van der Waals surface area contributed by atoms with Gasteiger partial charge in [-0.2, -0.15) is 0 Å². The quantitative estimate of drug-likeness (QED) is 0.822. The molecule has 0 saturated carbocycles. The SMILES string of the molecule is OCCC1(COCc2ccccc2)CCCO1. The minimum Gasteiger partial charge on any atom is -0.396 e. The molecular formula is C14H20O3. The normalized spacial score (nSPS) is 24.1. The third-order valence-corrected chi connectivity index (χ3v) is 3.23.